The molecule has 141 heavy (non-hydrogen) atoms. The minimum Gasteiger partial charge on any atom is -0.309 e. The molecule has 11 aromatic carbocycles. The number of alkyl halides is 3. The number of hydrogen-bond donors (Lipinski definition) is 0. The van der Waals surface area contributed by atoms with Gasteiger partial charge in [-0.25, -0.2) is 4.79 Å². The van der Waals surface area contributed by atoms with E-state index in [4.69, 9.17) is 25.0 Å². The van der Waals surface area contributed by atoms with Gasteiger partial charge in [-0.1, -0.05) is 288 Å². The summed E-state index contributed by atoms with van der Waals surface area (Å²) in [7, 11) is -21.5. The van der Waals surface area contributed by atoms with Gasteiger partial charge in [0, 0.05) is 70.2 Å². The minimum absolute atomic E-state index is 0.00476. The predicted octanol–water partition coefficient (Wildman–Crippen LogP) is 24.0. The Morgan fingerprint density at radius 3 is 1.32 bits per heavy atom. The summed E-state index contributed by atoms with van der Waals surface area (Å²) in [5.74, 6) is -3.17. The van der Waals surface area contributed by atoms with Crippen LogP contribution in [-0.2, 0) is 94.5 Å². The number of unbranched alkanes of at least 4 members (excludes halogenated alkanes) is 6. The maximum atomic E-state index is 13.2. The normalized spacial score (nSPS) is 12.6. The lowest BCUT2D eigenvalue weighted by Gasteiger charge is -2.10. The number of nitrogens with zero attached hydrogens (tertiary/aromatic N) is 6. The topological polar surface area (TPSA) is 386 Å². The quantitative estimate of drug-likeness (QED) is 0.00507. The van der Waals surface area contributed by atoms with E-state index in [1.54, 1.807) is 171 Å². The van der Waals surface area contributed by atoms with Crippen LogP contribution in [-0.4, -0.2) is 123 Å². The van der Waals surface area contributed by atoms with Gasteiger partial charge in [0.25, 0.3) is 5.78 Å². The Kier molecular flexibility index (Phi) is 46.3. The second-order valence-electron chi connectivity index (χ2n) is 31.1. The average molecular weight is 2100 g/mol. The Hall–Kier alpha value is -12.5. The van der Waals surface area contributed by atoms with Crippen molar-refractivity contribution in [3.05, 3.63) is 347 Å². The Morgan fingerprint density at radius 1 is 0.390 bits per heavy atom. The molecule has 0 heterocycles. The summed E-state index contributed by atoms with van der Waals surface area (Å²) in [4.78, 5) is 71.1. The number of Topliss-reactive ketones (excluding diaryl/α,β-unsaturated/α-hetero) is 4. The highest BCUT2D eigenvalue weighted by Crippen LogP contribution is 2.32. The van der Waals surface area contributed by atoms with Gasteiger partial charge in [0.15, 0.2) is 5.71 Å². The van der Waals surface area contributed by atoms with Crippen molar-refractivity contribution in [3.63, 3.8) is 0 Å². The number of fused-ring (bicyclic) bond motifs is 1. The summed E-state index contributed by atoms with van der Waals surface area (Å²) >= 11 is 10.4. The van der Waals surface area contributed by atoms with Crippen LogP contribution in [0.5, 0.6) is 0 Å². The largest absolute Gasteiger partial charge is 0.536 e. The summed E-state index contributed by atoms with van der Waals surface area (Å²) in [6.07, 6.45) is 14.5. The van der Waals surface area contributed by atoms with Crippen molar-refractivity contribution in [3.8, 4) is 0 Å². The Balaban J connectivity index is 0.000000211. The summed E-state index contributed by atoms with van der Waals surface area (Å²) in [6.45, 7) is 10.6. The number of halogens is 4. The smallest absolute Gasteiger partial charge is 0.309 e. The summed E-state index contributed by atoms with van der Waals surface area (Å²) in [6, 6.07) is 85.0. The number of thioether (sulfide) groups is 1. The highest BCUT2D eigenvalue weighted by atomic mass is 35.5. The van der Waals surface area contributed by atoms with Crippen molar-refractivity contribution in [2.24, 2.45) is 30.9 Å². The van der Waals surface area contributed by atoms with E-state index >= 15 is 0 Å². The van der Waals surface area contributed by atoms with E-state index in [0.29, 0.717) is 64.4 Å². The number of oxime groups is 6. The Morgan fingerprint density at radius 2 is 0.823 bits per heavy atom. The van der Waals surface area contributed by atoms with E-state index < -0.39 is 79.4 Å². The summed E-state index contributed by atoms with van der Waals surface area (Å²) < 4.78 is 178. The Labute approximate surface area is 838 Å². The first-order valence-electron chi connectivity index (χ1n) is 44.1. The molecule has 11 aromatic rings. The third-order valence-corrected chi connectivity index (χ3v) is 28.1. The lowest BCUT2D eigenvalue weighted by atomic mass is 9.99. The summed E-state index contributed by atoms with van der Waals surface area (Å²) in [5, 5.41) is 21.7. The molecule has 0 amide bonds. The van der Waals surface area contributed by atoms with Crippen LogP contribution < -0.4 is 0 Å². The van der Waals surface area contributed by atoms with Crippen molar-refractivity contribution in [2.75, 3.05) is 12.0 Å². The second kappa shape index (κ2) is 57.4. The molecule has 0 atom stereocenters. The molecule has 1 fully saturated rings. The molecule has 0 unspecified atom stereocenters. The lowest BCUT2D eigenvalue weighted by Crippen LogP contribution is -2.25. The van der Waals surface area contributed by atoms with Gasteiger partial charge in [0.2, 0.25) is 17.3 Å². The molecule has 0 aliphatic heterocycles. The van der Waals surface area contributed by atoms with E-state index in [2.05, 4.69) is 50.7 Å². The van der Waals surface area contributed by atoms with Gasteiger partial charge in [-0.15, -0.1) is 11.8 Å². The van der Waals surface area contributed by atoms with Crippen LogP contribution >= 0.6 is 46.9 Å². The molecular formula is C102H104ClF3N6O21S8. The van der Waals surface area contributed by atoms with Crippen LogP contribution in [0.1, 0.15) is 188 Å². The van der Waals surface area contributed by atoms with E-state index in [1.165, 1.54) is 73.6 Å². The van der Waals surface area contributed by atoms with E-state index in [-0.39, 0.29) is 55.3 Å². The van der Waals surface area contributed by atoms with Crippen molar-refractivity contribution in [1.29, 1.82) is 0 Å². The minimum atomic E-state index is -5.93. The first kappa shape index (κ1) is 114. The van der Waals surface area contributed by atoms with Gasteiger partial charge in [-0.2, -0.15) is 55.3 Å². The zero-order valence-corrected chi connectivity index (χ0v) is 85.1. The van der Waals surface area contributed by atoms with Crippen LogP contribution in [0.25, 0.3) is 0 Å². The predicted molar refractivity (Wildman–Crippen MR) is 544 cm³/mol. The van der Waals surface area contributed by atoms with Crippen LogP contribution in [0.3, 0.4) is 0 Å². The van der Waals surface area contributed by atoms with Crippen molar-refractivity contribution in [1.82, 2.24) is 0 Å². The first-order chi connectivity index (χ1) is 67.3. The number of aryl methyl sites for hydroxylation is 1. The van der Waals surface area contributed by atoms with Crippen LogP contribution in [0.2, 0.25) is 5.02 Å². The maximum absolute atomic E-state index is 13.2. The van der Waals surface area contributed by atoms with Crippen LogP contribution in [0.4, 0.5) is 13.2 Å². The van der Waals surface area contributed by atoms with Gasteiger partial charge in [-0.05, 0) is 230 Å². The van der Waals surface area contributed by atoms with Gasteiger partial charge in [-0.3, -0.25) is 40.6 Å². The second-order valence-corrected chi connectivity index (χ2v) is 42.5. The average Bonchev–Trinajstić information content (AvgIpc) is 1.49. The third-order valence-electron chi connectivity index (χ3n) is 19.8. The highest BCUT2D eigenvalue weighted by molar-refractivity contribution is 7.99. The van der Waals surface area contributed by atoms with Gasteiger partial charge in [0.1, 0.15) is 26.1 Å². The molecule has 0 bridgehead atoms. The fourth-order valence-electron chi connectivity index (χ4n) is 12.4. The summed E-state index contributed by atoms with van der Waals surface area (Å²) in [5.41, 5.74) is 1.15. The molecular weight excluding hydrogens is 1990 g/mol. The Bertz CT molecular complexity index is 6750. The van der Waals surface area contributed by atoms with Crippen LogP contribution in [0.15, 0.2) is 367 Å². The molecule has 0 saturated heterocycles. The SMILES string of the molecule is CC(C)=NOS(=O)(=O)c1ccc(C)cc1.CCCCCC/C(=N\OS(=O)(=O)C(F)(F)F)C(=O)c1ccc(Sc2ccccc2)cc1.CCCCCCS(=O)(=O)O/N=C(/C(=O)c1ccc(Sc2ccccc2)cc1)c1ccccc1.CSc1ccc(C(=O)/C(C)=N/OS(=O)(=O)c2ccccc2)cc1.O=C(ON=C1CCCCC1)C(=O)c1ccccc1.O=S(=O)(ON=C1Cc2ccccc2C1)c1cccc(Cl)c1. The fourth-order valence-corrected chi connectivity index (χ4v) is 18.2. The van der Waals surface area contributed by atoms with Crippen LogP contribution in [0, 0.1) is 6.92 Å². The maximum Gasteiger partial charge on any atom is 0.536 e. The number of hydrogen-bond acceptors (Lipinski definition) is 30. The van der Waals surface area contributed by atoms with Crippen molar-refractivity contribution < 1.29 is 105 Å². The van der Waals surface area contributed by atoms with Gasteiger partial charge < -0.3 is 4.84 Å². The standard InChI is InChI=1S/C26H27NO4S2.C21H22F3NO4S2.C16H15NO4S2.C15H12ClNO3S.C14H15NO3.C10H13NO3S/c1-2-3-4-11-20-33(29,30)31-27-25(21-12-7-5-8-13-21)26(28)22-16-18-24(19-17-22)32-23-14-9-6-10-15-23;1-2-3-4-8-11-19(25-29-31(27,28)21(22,23)24)20(26)16-12-14-18(15-13-16)30-17-9-6-5-7-10-17;1-12(16(18)13-8-10-14(22-2)11-9-13)17-21-23(19,20)15-6-4-3-5-7-15;16-13-6-3-7-15(10-13)21(18,19)20-17-14-8-11-4-1-2-5-12(11)9-14;16-13(11-7-3-1-4-8-11)14(17)18-15-12-9-5-2-6-10-12;1-8(2)11-14-15(12,13)10-6-4-9(3)5-7-10/h5-10,12-19H,2-4,11,20H2,1H3;5-7,9-10,12-15H,2-4,8,11H2,1H3;3-11H,1-2H3;1-7,10H,8-9H2;1,3-4,7-8H,2,5-6,9-10H2;4-7H,1-3H3/b27-25+;25-19+;17-12+;;;. The van der Waals surface area contributed by atoms with E-state index in [0.717, 1.165) is 111 Å². The van der Waals surface area contributed by atoms with E-state index in [9.17, 15) is 79.2 Å². The third kappa shape index (κ3) is 39.5. The molecule has 1 saturated carbocycles. The highest BCUT2D eigenvalue weighted by Gasteiger charge is 2.49. The van der Waals surface area contributed by atoms with Gasteiger partial charge >= 0.3 is 62.1 Å². The monoisotopic (exact) mass is 2100 g/mol. The number of rotatable bonds is 38. The molecule has 13 rings (SSSR count). The van der Waals surface area contributed by atoms with Crippen molar-refractivity contribution in [2.45, 2.75) is 189 Å². The molecule has 2 aliphatic rings. The number of ketones is 4. The molecule has 39 heteroatoms. The molecule has 0 spiro atoms. The molecule has 0 aromatic heterocycles. The molecule has 0 radical (unpaired) electrons. The zero-order valence-electron chi connectivity index (χ0n) is 77.8. The van der Waals surface area contributed by atoms with Gasteiger partial charge in [0.05, 0.1) is 22.9 Å². The van der Waals surface area contributed by atoms with E-state index in [1.807, 2.05) is 135 Å². The fraction of sp³-hybridized carbons (Fsp3) is 0.245. The molecule has 27 nitrogen and oxygen atoms in total. The first-order valence-corrected chi connectivity index (χ1v) is 54.5. The number of carbonyl (C=O) groups excluding carboxylic acids is 5. The molecule has 2 aliphatic carbocycles. The number of carbonyl (C=O) groups is 5. The molecule has 0 N–H and O–H groups in total. The van der Waals surface area contributed by atoms with Crippen molar-refractivity contribution >= 4 is 161 Å². The molecule has 744 valence electrons. The zero-order chi connectivity index (χ0) is 102. The lowest BCUT2D eigenvalue weighted by molar-refractivity contribution is -0.138. The number of benzene rings is 11.